The maximum absolute atomic E-state index is 12.7. The van der Waals surface area contributed by atoms with Crippen LogP contribution < -0.4 is 5.32 Å². The van der Waals surface area contributed by atoms with E-state index in [1.165, 1.54) is 0 Å². The standard InChI is InChI=1S/C17H25N3O.ClH/c1-13-9-14(2)11-15(10-13)17(21)20-6-3-16(12-20)19-7-4-18-5-8-19;/h9-11,16,18H,3-8,12H2,1-2H3;1H. The first-order valence-electron chi connectivity index (χ1n) is 7.96. The molecule has 2 aliphatic heterocycles. The molecule has 0 bridgehead atoms. The zero-order valence-corrected chi connectivity index (χ0v) is 14.3. The molecule has 0 aromatic heterocycles. The van der Waals surface area contributed by atoms with Crippen LogP contribution >= 0.6 is 12.4 Å². The Morgan fingerprint density at radius 3 is 2.36 bits per heavy atom. The van der Waals surface area contributed by atoms with E-state index in [1.807, 2.05) is 17.0 Å². The van der Waals surface area contributed by atoms with E-state index >= 15 is 0 Å². The lowest BCUT2D eigenvalue weighted by molar-refractivity contribution is 0.0773. The SMILES string of the molecule is Cc1cc(C)cc(C(=O)N2CCC(N3CCNCC3)C2)c1.Cl. The number of nitrogens with zero attached hydrogens (tertiary/aromatic N) is 2. The minimum atomic E-state index is 0. The van der Waals surface area contributed by atoms with Crippen molar-refractivity contribution in [2.45, 2.75) is 26.3 Å². The molecule has 1 atom stereocenters. The van der Waals surface area contributed by atoms with E-state index in [9.17, 15) is 4.79 Å². The highest BCUT2D eigenvalue weighted by Crippen LogP contribution is 2.19. The number of carbonyl (C=O) groups is 1. The average molecular weight is 324 g/mol. The minimum absolute atomic E-state index is 0. The third-order valence-electron chi connectivity index (χ3n) is 4.59. The number of rotatable bonds is 2. The summed E-state index contributed by atoms with van der Waals surface area (Å²) in [7, 11) is 0. The Hall–Kier alpha value is -1.10. The topological polar surface area (TPSA) is 35.6 Å². The van der Waals surface area contributed by atoms with Gasteiger partial charge in [0.15, 0.2) is 0 Å². The van der Waals surface area contributed by atoms with Crippen molar-refractivity contribution in [2.24, 2.45) is 0 Å². The Labute approximate surface area is 139 Å². The number of nitrogens with one attached hydrogen (secondary N) is 1. The van der Waals surface area contributed by atoms with Crippen LogP contribution in [0.5, 0.6) is 0 Å². The van der Waals surface area contributed by atoms with Gasteiger partial charge in [-0.05, 0) is 32.4 Å². The molecule has 1 aromatic rings. The van der Waals surface area contributed by atoms with Crippen molar-refractivity contribution < 1.29 is 4.79 Å². The van der Waals surface area contributed by atoms with Gasteiger partial charge in [-0.1, -0.05) is 17.2 Å². The van der Waals surface area contributed by atoms with Crippen LogP contribution in [0, 0.1) is 13.8 Å². The number of carbonyl (C=O) groups excluding carboxylic acids is 1. The van der Waals surface area contributed by atoms with Crippen molar-refractivity contribution in [2.75, 3.05) is 39.3 Å². The summed E-state index contributed by atoms with van der Waals surface area (Å²) in [4.78, 5) is 17.2. The number of hydrogen-bond donors (Lipinski definition) is 1. The summed E-state index contributed by atoms with van der Waals surface area (Å²) in [5.74, 6) is 0.194. The van der Waals surface area contributed by atoms with Gasteiger partial charge in [0.05, 0.1) is 0 Å². The van der Waals surface area contributed by atoms with Crippen molar-refractivity contribution in [3.05, 3.63) is 34.9 Å². The molecule has 1 unspecified atom stereocenters. The summed E-state index contributed by atoms with van der Waals surface area (Å²) in [5, 5.41) is 3.39. The summed E-state index contributed by atoms with van der Waals surface area (Å²) in [6.45, 7) is 10.2. The maximum atomic E-state index is 12.7. The highest BCUT2D eigenvalue weighted by molar-refractivity contribution is 5.94. The number of hydrogen-bond acceptors (Lipinski definition) is 3. The molecule has 0 radical (unpaired) electrons. The Balaban J connectivity index is 0.00000176. The number of halogens is 1. The molecule has 2 heterocycles. The normalized spacial score (nSPS) is 22.5. The minimum Gasteiger partial charge on any atom is -0.337 e. The number of amides is 1. The summed E-state index contributed by atoms with van der Waals surface area (Å²) < 4.78 is 0. The molecule has 3 rings (SSSR count). The highest BCUT2D eigenvalue weighted by Gasteiger charge is 2.31. The number of piperazine rings is 1. The van der Waals surface area contributed by atoms with Gasteiger partial charge in [-0.2, -0.15) is 0 Å². The second-order valence-electron chi connectivity index (χ2n) is 6.36. The zero-order valence-electron chi connectivity index (χ0n) is 13.5. The first-order chi connectivity index (χ1) is 10.1. The van der Waals surface area contributed by atoms with Crippen LogP contribution in [-0.2, 0) is 0 Å². The van der Waals surface area contributed by atoms with E-state index in [2.05, 4.69) is 30.1 Å². The fraction of sp³-hybridized carbons (Fsp3) is 0.588. The van der Waals surface area contributed by atoms with E-state index < -0.39 is 0 Å². The van der Waals surface area contributed by atoms with Gasteiger partial charge in [0, 0.05) is 50.9 Å². The smallest absolute Gasteiger partial charge is 0.253 e. The van der Waals surface area contributed by atoms with Crippen LogP contribution in [0.25, 0.3) is 0 Å². The number of aryl methyl sites for hydroxylation is 2. The molecular formula is C17H26ClN3O. The van der Waals surface area contributed by atoms with Crippen LogP contribution in [0.2, 0.25) is 0 Å². The molecule has 0 spiro atoms. The quantitative estimate of drug-likeness (QED) is 0.902. The van der Waals surface area contributed by atoms with Crippen LogP contribution in [-0.4, -0.2) is 61.0 Å². The molecular weight excluding hydrogens is 298 g/mol. The molecule has 0 saturated carbocycles. The fourth-order valence-corrected chi connectivity index (χ4v) is 3.55. The van der Waals surface area contributed by atoms with Crippen LogP contribution in [0.3, 0.4) is 0 Å². The lowest BCUT2D eigenvalue weighted by Crippen LogP contribution is -2.49. The molecule has 2 aliphatic rings. The van der Waals surface area contributed by atoms with Gasteiger partial charge in [-0.25, -0.2) is 0 Å². The predicted molar refractivity (Wildman–Crippen MR) is 91.9 cm³/mol. The van der Waals surface area contributed by atoms with Crippen molar-refractivity contribution >= 4 is 18.3 Å². The summed E-state index contributed by atoms with van der Waals surface area (Å²) in [5.41, 5.74) is 3.17. The van der Waals surface area contributed by atoms with Gasteiger partial charge in [0.2, 0.25) is 0 Å². The molecule has 122 valence electrons. The summed E-state index contributed by atoms with van der Waals surface area (Å²) >= 11 is 0. The van der Waals surface area contributed by atoms with Gasteiger partial charge >= 0.3 is 0 Å². The van der Waals surface area contributed by atoms with Crippen molar-refractivity contribution in [3.63, 3.8) is 0 Å². The fourth-order valence-electron chi connectivity index (χ4n) is 3.55. The summed E-state index contributed by atoms with van der Waals surface area (Å²) in [6, 6.07) is 6.67. The maximum Gasteiger partial charge on any atom is 0.253 e. The van der Waals surface area contributed by atoms with Gasteiger partial charge in [-0.3, -0.25) is 9.69 Å². The van der Waals surface area contributed by atoms with Gasteiger partial charge in [-0.15, -0.1) is 12.4 Å². The first-order valence-corrected chi connectivity index (χ1v) is 7.96. The lowest BCUT2D eigenvalue weighted by atomic mass is 10.1. The van der Waals surface area contributed by atoms with Crippen molar-refractivity contribution in [1.82, 2.24) is 15.1 Å². The molecule has 4 nitrogen and oxygen atoms in total. The molecule has 1 aromatic carbocycles. The Bertz CT molecular complexity index is 508. The van der Waals surface area contributed by atoms with E-state index in [1.54, 1.807) is 0 Å². The Kier molecular flexibility index (Phi) is 5.84. The molecule has 2 fully saturated rings. The predicted octanol–water partition coefficient (Wildman–Crippen LogP) is 1.84. The van der Waals surface area contributed by atoms with Gasteiger partial charge in [0.1, 0.15) is 0 Å². The van der Waals surface area contributed by atoms with Crippen LogP contribution in [0.15, 0.2) is 18.2 Å². The third kappa shape index (κ3) is 3.80. The monoisotopic (exact) mass is 323 g/mol. The van der Waals surface area contributed by atoms with E-state index in [0.29, 0.717) is 6.04 Å². The number of benzene rings is 1. The molecule has 2 saturated heterocycles. The molecule has 1 amide bonds. The van der Waals surface area contributed by atoms with Crippen molar-refractivity contribution in [3.8, 4) is 0 Å². The molecule has 1 N–H and O–H groups in total. The molecule has 22 heavy (non-hydrogen) atoms. The average Bonchev–Trinajstić information content (AvgIpc) is 2.96. The molecule has 0 aliphatic carbocycles. The van der Waals surface area contributed by atoms with Crippen molar-refractivity contribution in [1.29, 1.82) is 0 Å². The van der Waals surface area contributed by atoms with Crippen LogP contribution in [0.1, 0.15) is 27.9 Å². The second kappa shape index (κ2) is 7.44. The van der Waals surface area contributed by atoms with Gasteiger partial charge < -0.3 is 10.2 Å². The second-order valence-corrected chi connectivity index (χ2v) is 6.36. The Morgan fingerprint density at radius 1 is 1.09 bits per heavy atom. The third-order valence-corrected chi connectivity index (χ3v) is 4.59. The van der Waals surface area contributed by atoms with E-state index in [4.69, 9.17) is 0 Å². The number of likely N-dealkylation sites (tertiary alicyclic amines) is 1. The van der Waals surface area contributed by atoms with Gasteiger partial charge in [0.25, 0.3) is 5.91 Å². The highest BCUT2D eigenvalue weighted by atomic mass is 35.5. The van der Waals surface area contributed by atoms with E-state index in [-0.39, 0.29) is 18.3 Å². The molecule has 5 heteroatoms. The summed E-state index contributed by atoms with van der Waals surface area (Å²) in [6.07, 6.45) is 1.11. The largest absolute Gasteiger partial charge is 0.337 e. The zero-order chi connectivity index (χ0) is 14.8. The Morgan fingerprint density at radius 2 is 1.73 bits per heavy atom. The lowest BCUT2D eigenvalue weighted by Gasteiger charge is -2.32. The van der Waals surface area contributed by atoms with Crippen LogP contribution in [0.4, 0.5) is 0 Å². The first kappa shape index (κ1) is 17.3. The van der Waals surface area contributed by atoms with E-state index in [0.717, 1.165) is 62.4 Å².